The van der Waals surface area contributed by atoms with Crippen LogP contribution in [-0.4, -0.2) is 52.7 Å². The highest BCUT2D eigenvalue weighted by Gasteiger charge is 2.33. The maximum atomic E-state index is 12.2. The molecule has 0 aliphatic carbocycles. The van der Waals surface area contributed by atoms with Crippen LogP contribution in [0.25, 0.3) is 0 Å². The average Bonchev–Trinajstić information content (AvgIpc) is 2.97. The predicted octanol–water partition coefficient (Wildman–Crippen LogP) is 5.64. The third-order valence-electron chi connectivity index (χ3n) is 8.06. The number of carboxylic acid groups (broad SMARTS) is 1. The van der Waals surface area contributed by atoms with Crippen molar-refractivity contribution >= 4 is 11.9 Å². The zero-order valence-corrected chi connectivity index (χ0v) is 24.1. The monoisotopic (exact) mass is 566 g/mol. The standard InChI is InChI=1S/C33H46N2O6/c36-24-26-13-15-27(16-14-26)30-21-29(23-35-19-7-2-1-3-8-20-35)40-33(41-30)28-17-11-25(12-18-28)22-34-31(37)9-5-4-6-10-32(38)39/h11-18,29-30,33,36H,1-10,19-24H2,(H,34,37)(H,38,39)/t29-,30+,33+/m0/s1. The fourth-order valence-corrected chi connectivity index (χ4v) is 5.64. The second kappa shape index (κ2) is 16.6. The van der Waals surface area contributed by atoms with Crippen LogP contribution in [0.2, 0.25) is 0 Å². The Morgan fingerprint density at radius 2 is 1.44 bits per heavy atom. The normalized spacial score (nSPS) is 22.0. The first-order valence-electron chi connectivity index (χ1n) is 15.3. The summed E-state index contributed by atoms with van der Waals surface area (Å²) in [6.45, 7) is 3.59. The fourth-order valence-electron chi connectivity index (χ4n) is 5.64. The highest BCUT2D eigenvalue weighted by Crippen LogP contribution is 2.38. The average molecular weight is 567 g/mol. The summed E-state index contributed by atoms with van der Waals surface area (Å²) in [6, 6.07) is 16.0. The van der Waals surface area contributed by atoms with Gasteiger partial charge in [0.1, 0.15) is 0 Å². The van der Waals surface area contributed by atoms with Crippen LogP contribution >= 0.6 is 0 Å². The number of amides is 1. The molecule has 8 nitrogen and oxygen atoms in total. The number of aliphatic carboxylic acids is 1. The molecule has 0 radical (unpaired) electrons. The number of likely N-dealkylation sites (tertiary alicyclic amines) is 1. The van der Waals surface area contributed by atoms with E-state index in [9.17, 15) is 14.7 Å². The maximum absolute atomic E-state index is 12.2. The van der Waals surface area contributed by atoms with E-state index in [4.69, 9.17) is 14.6 Å². The molecule has 3 N–H and O–H groups in total. The van der Waals surface area contributed by atoms with Crippen LogP contribution in [0.4, 0.5) is 0 Å². The van der Waals surface area contributed by atoms with Crippen molar-refractivity contribution in [2.75, 3.05) is 19.6 Å². The molecule has 4 rings (SSSR count). The second-order valence-corrected chi connectivity index (χ2v) is 11.4. The topological polar surface area (TPSA) is 108 Å². The predicted molar refractivity (Wildman–Crippen MR) is 157 cm³/mol. The van der Waals surface area contributed by atoms with Crippen molar-refractivity contribution in [2.24, 2.45) is 0 Å². The van der Waals surface area contributed by atoms with Gasteiger partial charge in [0.15, 0.2) is 6.29 Å². The minimum atomic E-state index is -0.794. The summed E-state index contributed by atoms with van der Waals surface area (Å²) in [4.78, 5) is 25.3. The van der Waals surface area contributed by atoms with E-state index < -0.39 is 12.3 Å². The molecule has 2 aliphatic rings. The van der Waals surface area contributed by atoms with Crippen LogP contribution in [0.5, 0.6) is 0 Å². The Hall–Kier alpha value is -2.78. The van der Waals surface area contributed by atoms with E-state index in [1.165, 1.54) is 32.1 Å². The maximum Gasteiger partial charge on any atom is 0.303 e. The van der Waals surface area contributed by atoms with Crippen molar-refractivity contribution < 1.29 is 29.3 Å². The van der Waals surface area contributed by atoms with Crippen molar-refractivity contribution in [3.8, 4) is 0 Å². The number of unbranched alkanes of at least 4 members (excludes halogenated alkanes) is 2. The summed E-state index contributed by atoms with van der Waals surface area (Å²) in [7, 11) is 0. The summed E-state index contributed by atoms with van der Waals surface area (Å²) < 4.78 is 13.1. The lowest BCUT2D eigenvalue weighted by Crippen LogP contribution is -2.40. The first-order valence-corrected chi connectivity index (χ1v) is 15.3. The van der Waals surface area contributed by atoms with Gasteiger partial charge in [0.2, 0.25) is 5.91 Å². The van der Waals surface area contributed by atoms with Gasteiger partial charge in [-0.05, 0) is 55.5 Å². The van der Waals surface area contributed by atoms with Crippen molar-refractivity contribution in [1.29, 1.82) is 0 Å². The number of carboxylic acids is 1. The number of carbonyl (C=O) groups is 2. The Morgan fingerprint density at radius 3 is 2.12 bits per heavy atom. The molecule has 0 aromatic heterocycles. The van der Waals surface area contributed by atoms with Gasteiger partial charge < -0.3 is 29.9 Å². The summed E-state index contributed by atoms with van der Waals surface area (Å²) in [5.41, 5.74) is 3.93. The molecule has 0 saturated carbocycles. The molecule has 1 amide bonds. The molecule has 2 saturated heterocycles. The van der Waals surface area contributed by atoms with E-state index in [-0.39, 0.29) is 31.1 Å². The van der Waals surface area contributed by atoms with E-state index in [2.05, 4.69) is 10.2 Å². The molecule has 0 bridgehead atoms. The lowest BCUT2D eigenvalue weighted by molar-refractivity contribution is -0.253. The first kappa shape index (κ1) is 31.2. The second-order valence-electron chi connectivity index (χ2n) is 11.4. The molecule has 2 aromatic rings. The molecule has 0 unspecified atom stereocenters. The van der Waals surface area contributed by atoms with E-state index >= 15 is 0 Å². The smallest absolute Gasteiger partial charge is 0.303 e. The number of hydrogen-bond donors (Lipinski definition) is 3. The fraction of sp³-hybridized carbons (Fsp3) is 0.576. The van der Waals surface area contributed by atoms with E-state index in [0.29, 0.717) is 25.8 Å². The third-order valence-corrected chi connectivity index (χ3v) is 8.06. The number of benzene rings is 2. The zero-order chi connectivity index (χ0) is 28.9. The molecule has 3 atom stereocenters. The minimum absolute atomic E-state index is 0.0225. The SMILES string of the molecule is O=C(O)CCCCCC(=O)NCc1ccc([C@@H]2O[C@H](CN3CCCCCCC3)C[C@H](c3ccc(CO)cc3)O2)cc1. The Labute approximate surface area is 244 Å². The highest BCUT2D eigenvalue weighted by molar-refractivity contribution is 5.75. The van der Waals surface area contributed by atoms with Crippen molar-refractivity contribution in [3.05, 3.63) is 70.8 Å². The number of carbonyl (C=O) groups excluding carboxylic acids is 1. The van der Waals surface area contributed by atoms with Crippen LogP contribution in [0.1, 0.15) is 105 Å². The molecule has 0 spiro atoms. The molecular weight excluding hydrogens is 520 g/mol. The third kappa shape index (κ3) is 10.5. The number of nitrogens with zero attached hydrogens (tertiary/aromatic N) is 1. The van der Waals surface area contributed by atoms with Gasteiger partial charge in [0, 0.05) is 37.9 Å². The summed E-state index contributed by atoms with van der Waals surface area (Å²) in [5.74, 6) is -0.817. The summed E-state index contributed by atoms with van der Waals surface area (Å²) >= 11 is 0. The molecule has 8 heteroatoms. The van der Waals surface area contributed by atoms with Crippen molar-refractivity contribution in [3.63, 3.8) is 0 Å². The Kier molecular flexibility index (Phi) is 12.6. The number of nitrogens with one attached hydrogen (secondary N) is 1. The van der Waals surface area contributed by atoms with E-state index in [0.717, 1.165) is 54.7 Å². The molecule has 224 valence electrons. The quantitative estimate of drug-likeness (QED) is 0.269. The largest absolute Gasteiger partial charge is 0.481 e. The van der Waals surface area contributed by atoms with E-state index in [1.54, 1.807) is 0 Å². The van der Waals surface area contributed by atoms with Gasteiger partial charge in [-0.1, -0.05) is 74.2 Å². The molecule has 2 aliphatic heterocycles. The van der Waals surface area contributed by atoms with Crippen LogP contribution in [-0.2, 0) is 32.2 Å². The van der Waals surface area contributed by atoms with Gasteiger partial charge >= 0.3 is 5.97 Å². The van der Waals surface area contributed by atoms with Gasteiger partial charge in [-0.25, -0.2) is 0 Å². The number of rotatable bonds is 13. The molecule has 2 aromatic carbocycles. The molecule has 2 heterocycles. The van der Waals surface area contributed by atoms with Crippen molar-refractivity contribution in [2.45, 2.75) is 102 Å². The molecular formula is C33H46N2O6. The first-order chi connectivity index (χ1) is 20.0. The van der Waals surface area contributed by atoms with Crippen molar-refractivity contribution in [1.82, 2.24) is 10.2 Å². The van der Waals surface area contributed by atoms with Gasteiger partial charge in [0.05, 0.1) is 18.8 Å². The Bertz CT molecular complexity index is 1070. The lowest BCUT2D eigenvalue weighted by Gasteiger charge is -2.38. The Morgan fingerprint density at radius 1 is 0.805 bits per heavy atom. The Balaban J connectivity index is 1.35. The van der Waals surface area contributed by atoms with Crippen LogP contribution in [0, 0.1) is 0 Å². The zero-order valence-electron chi connectivity index (χ0n) is 24.1. The van der Waals surface area contributed by atoms with E-state index in [1.807, 2.05) is 48.5 Å². The van der Waals surface area contributed by atoms with Gasteiger partial charge in [-0.2, -0.15) is 0 Å². The number of aliphatic hydroxyl groups excluding tert-OH is 1. The number of aliphatic hydroxyl groups is 1. The summed E-state index contributed by atoms with van der Waals surface area (Å²) in [6.07, 6.45) is 9.24. The van der Waals surface area contributed by atoms with Gasteiger partial charge in [-0.15, -0.1) is 0 Å². The van der Waals surface area contributed by atoms with Crippen LogP contribution in [0.15, 0.2) is 48.5 Å². The lowest BCUT2D eigenvalue weighted by atomic mass is 9.99. The highest BCUT2D eigenvalue weighted by atomic mass is 16.7. The van der Waals surface area contributed by atoms with Gasteiger partial charge in [-0.3, -0.25) is 9.59 Å². The molecule has 2 fully saturated rings. The number of hydrogen-bond acceptors (Lipinski definition) is 6. The van der Waals surface area contributed by atoms with Gasteiger partial charge in [0.25, 0.3) is 0 Å². The number of ether oxygens (including phenoxy) is 2. The molecule has 41 heavy (non-hydrogen) atoms. The summed E-state index contributed by atoms with van der Waals surface area (Å²) in [5, 5.41) is 21.1. The van der Waals surface area contributed by atoms with Crippen LogP contribution < -0.4 is 5.32 Å². The minimum Gasteiger partial charge on any atom is -0.481 e. The van der Waals surface area contributed by atoms with Crippen LogP contribution in [0.3, 0.4) is 0 Å².